The Labute approximate surface area is 140 Å². The highest BCUT2D eigenvalue weighted by atomic mass is 28.3. The van der Waals surface area contributed by atoms with Gasteiger partial charge in [-0.05, 0) is 32.4 Å². The van der Waals surface area contributed by atoms with Crippen molar-refractivity contribution in [3.8, 4) is 0 Å². The van der Waals surface area contributed by atoms with Gasteiger partial charge in [0, 0.05) is 14.1 Å². The van der Waals surface area contributed by atoms with E-state index in [0.29, 0.717) is 0 Å². The van der Waals surface area contributed by atoms with Gasteiger partial charge in [-0.25, -0.2) is 4.79 Å². The van der Waals surface area contributed by atoms with Crippen molar-refractivity contribution in [1.29, 1.82) is 0 Å². The molecule has 0 heterocycles. The molecule has 1 amide bonds. The first-order valence-electron chi connectivity index (χ1n) is 8.01. The summed E-state index contributed by atoms with van der Waals surface area (Å²) in [7, 11) is -1.49. The van der Waals surface area contributed by atoms with Gasteiger partial charge < -0.3 is 14.8 Å². The van der Waals surface area contributed by atoms with E-state index in [-0.39, 0.29) is 12.0 Å². The van der Waals surface area contributed by atoms with Gasteiger partial charge in [-0.15, -0.1) is 0 Å². The molecule has 0 unspecified atom stereocenters. The maximum absolute atomic E-state index is 12.2. The maximum Gasteiger partial charge on any atom is 0.407 e. The lowest BCUT2D eigenvalue weighted by molar-refractivity contribution is -0.109. The van der Waals surface area contributed by atoms with Crippen molar-refractivity contribution < 1.29 is 14.3 Å². The van der Waals surface area contributed by atoms with Gasteiger partial charge in [0.25, 0.3) is 0 Å². The summed E-state index contributed by atoms with van der Waals surface area (Å²) >= 11 is 0. The third kappa shape index (κ3) is 7.46. The van der Waals surface area contributed by atoms with Crippen molar-refractivity contribution in [2.75, 3.05) is 0 Å². The van der Waals surface area contributed by atoms with Gasteiger partial charge >= 0.3 is 6.09 Å². The monoisotopic (exact) mass is 335 g/mol. The Bertz CT molecular complexity index is 517. The van der Waals surface area contributed by atoms with Crippen LogP contribution < -0.4 is 5.32 Å². The minimum absolute atomic E-state index is 0.253. The van der Waals surface area contributed by atoms with Crippen LogP contribution >= 0.6 is 0 Å². The van der Waals surface area contributed by atoms with E-state index in [1.165, 1.54) is 0 Å². The first-order chi connectivity index (χ1) is 10.5. The van der Waals surface area contributed by atoms with Crippen LogP contribution in [0.5, 0.6) is 0 Å². The van der Waals surface area contributed by atoms with Gasteiger partial charge in [0.2, 0.25) is 0 Å². The number of aldehydes is 1. The molecular weight excluding hydrogens is 306 g/mol. The van der Waals surface area contributed by atoms with Crippen LogP contribution in [-0.2, 0) is 9.53 Å². The van der Waals surface area contributed by atoms with E-state index in [1.807, 2.05) is 51.1 Å². The van der Waals surface area contributed by atoms with Crippen molar-refractivity contribution in [3.63, 3.8) is 0 Å². The average Bonchev–Trinajstić information content (AvgIpc) is 2.36. The maximum atomic E-state index is 12.2. The van der Waals surface area contributed by atoms with E-state index >= 15 is 0 Å². The van der Waals surface area contributed by atoms with E-state index in [9.17, 15) is 9.59 Å². The molecule has 0 aliphatic rings. The van der Waals surface area contributed by atoms with Crippen LogP contribution in [0.15, 0.2) is 30.3 Å². The minimum Gasteiger partial charge on any atom is -0.444 e. The normalized spacial score (nSPS) is 14.7. The molecule has 0 fully saturated rings. The summed E-state index contributed by atoms with van der Waals surface area (Å²) in [4.78, 5) is 23.9. The number of alkyl carbamates (subject to hydrolysis) is 1. The number of hydrogen-bond donors (Lipinski definition) is 1. The second-order valence-electron chi connectivity index (χ2n) is 8.09. The number of hydrogen-bond acceptors (Lipinski definition) is 3. The second-order valence-corrected chi connectivity index (χ2v) is 13.6. The molecule has 1 N–H and O–H groups in total. The van der Waals surface area contributed by atoms with Crippen LogP contribution in [0.2, 0.25) is 25.7 Å². The van der Waals surface area contributed by atoms with Crippen molar-refractivity contribution >= 4 is 20.5 Å². The summed E-state index contributed by atoms with van der Waals surface area (Å²) in [6, 6.07) is 10.1. The quantitative estimate of drug-likeness (QED) is 0.626. The fraction of sp³-hybridized carbons (Fsp3) is 0.556. The van der Waals surface area contributed by atoms with Gasteiger partial charge in [-0.1, -0.05) is 50.0 Å². The lowest BCUT2D eigenvalue weighted by Crippen LogP contribution is -2.46. The summed E-state index contributed by atoms with van der Waals surface area (Å²) in [5.41, 5.74) is 0.360. The Morgan fingerprint density at radius 3 is 2.22 bits per heavy atom. The zero-order chi connectivity index (χ0) is 17.7. The van der Waals surface area contributed by atoms with Gasteiger partial charge in [0.1, 0.15) is 11.9 Å². The lowest BCUT2D eigenvalue weighted by atomic mass is 9.94. The Morgan fingerprint density at radius 1 is 1.22 bits per heavy atom. The Morgan fingerprint density at radius 2 is 1.78 bits per heavy atom. The molecule has 0 aromatic heterocycles. The third-order valence-corrected chi connectivity index (χ3v) is 4.96. The SMILES string of the molecule is CC(C)(C)OC(=O)N[C@@H](C[Si](C)(C)C)[C@H](C=O)c1ccccc1. The second kappa shape index (κ2) is 7.77. The molecule has 0 saturated carbocycles. The van der Waals surface area contributed by atoms with E-state index in [4.69, 9.17) is 4.74 Å². The fourth-order valence-electron chi connectivity index (χ4n) is 2.47. The number of carbonyl (C=O) groups is 2. The first kappa shape index (κ1) is 19.4. The first-order valence-corrected chi connectivity index (χ1v) is 11.7. The molecule has 23 heavy (non-hydrogen) atoms. The largest absolute Gasteiger partial charge is 0.444 e. The predicted molar refractivity (Wildman–Crippen MR) is 96.6 cm³/mol. The molecular formula is C18H29NO3Si. The molecule has 0 bridgehead atoms. The van der Waals surface area contributed by atoms with E-state index < -0.39 is 19.8 Å². The van der Waals surface area contributed by atoms with Crippen LogP contribution in [0.4, 0.5) is 4.79 Å². The molecule has 0 spiro atoms. The van der Waals surface area contributed by atoms with Crippen LogP contribution in [-0.4, -0.2) is 32.1 Å². The molecule has 0 radical (unpaired) electrons. The van der Waals surface area contributed by atoms with Gasteiger partial charge in [0.15, 0.2) is 0 Å². The van der Waals surface area contributed by atoms with Crippen molar-refractivity contribution in [3.05, 3.63) is 35.9 Å². The number of rotatable bonds is 6. The van der Waals surface area contributed by atoms with E-state index in [2.05, 4.69) is 25.0 Å². The zero-order valence-electron chi connectivity index (χ0n) is 15.1. The highest BCUT2D eigenvalue weighted by Gasteiger charge is 2.31. The van der Waals surface area contributed by atoms with Gasteiger partial charge in [0.05, 0.1) is 5.92 Å². The smallest absolute Gasteiger partial charge is 0.407 e. The van der Waals surface area contributed by atoms with Gasteiger partial charge in [-0.3, -0.25) is 0 Å². The van der Waals surface area contributed by atoms with Crippen LogP contribution in [0, 0.1) is 0 Å². The van der Waals surface area contributed by atoms with Crippen LogP contribution in [0.25, 0.3) is 0 Å². The topological polar surface area (TPSA) is 55.4 Å². The van der Waals surface area contributed by atoms with Crippen molar-refractivity contribution in [2.45, 2.75) is 64.0 Å². The number of carbonyl (C=O) groups excluding carboxylic acids is 2. The van der Waals surface area contributed by atoms with Crippen molar-refractivity contribution in [2.24, 2.45) is 0 Å². The number of benzene rings is 1. The van der Waals surface area contributed by atoms with Crippen LogP contribution in [0.1, 0.15) is 32.3 Å². The standard InChI is InChI=1S/C18H29NO3Si/c1-18(2,3)22-17(21)19-16(13-23(4,5)6)15(12-20)14-10-8-7-9-11-14/h7-12,15-16H,13H2,1-6H3,(H,19,21)/t15-,16+/m1/s1. The third-order valence-electron chi connectivity index (χ3n) is 3.30. The molecule has 0 saturated heterocycles. The predicted octanol–water partition coefficient (Wildman–Crippen LogP) is 4.20. The molecule has 2 atom stereocenters. The zero-order valence-corrected chi connectivity index (χ0v) is 16.1. The Balaban J connectivity index is 2.99. The molecule has 5 heteroatoms. The number of nitrogens with one attached hydrogen (secondary N) is 1. The molecule has 1 rings (SSSR count). The summed E-state index contributed by atoms with van der Waals surface area (Å²) in [5.74, 6) is -0.365. The average molecular weight is 336 g/mol. The van der Waals surface area contributed by atoms with E-state index in [1.54, 1.807) is 0 Å². The highest BCUT2D eigenvalue weighted by Crippen LogP contribution is 2.25. The fourth-order valence-corrected chi connectivity index (χ4v) is 4.14. The summed E-state index contributed by atoms with van der Waals surface area (Å²) < 4.78 is 5.36. The summed E-state index contributed by atoms with van der Waals surface area (Å²) in [5, 5.41) is 2.92. The van der Waals surface area contributed by atoms with Crippen molar-refractivity contribution in [1.82, 2.24) is 5.32 Å². The van der Waals surface area contributed by atoms with Gasteiger partial charge in [-0.2, -0.15) is 0 Å². The lowest BCUT2D eigenvalue weighted by Gasteiger charge is -2.30. The molecule has 4 nitrogen and oxygen atoms in total. The highest BCUT2D eigenvalue weighted by molar-refractivity contribution is 6.76. The molecule has 1 aromatic rings. The Hall–Kier alpha value is -1.62. The summed E-state index contributed by atoms with van der Waals surface area (Å²) in [6.07, 6.45) is 0.459. The molecule has 0 aliphatic carbocycles. The Kier molecular flexibility index (Phi) is 6.56. The van der Waals surface area contributed by atoms with Crippen LogP contribution in [0.3, 0.4) is 0 Å². The minimum atomic E-state index is -1.49. The number of ether oxygens (including phenoxy) is 1. The van der Waals surface area contributed by atoms with E-state index in [0.717, 1.165) is 17.9 Å². The molecule has 0 aliphatic heterocycles. The summed E-state index contributed by atoms with van der Waals surface area (Å²) in [6.45, 7) is 12.2. The molecule has 1 aromatic carbocycles. The number of amides is 1. The molecule has 128 valence electrons.